The molecule has 0 N–H and O–H groups in total. The van der Waals surface area contributed by atoms with E-state index in [0.717, 1.165) is 36.3 Å². The molecule has 4 heteroatoms. The molecule has 0 aromatic carbocycles. The molecule has 0 saturated heterocycles. The number of nitrogens with zero attached hydrogens (tertiary/aromatic N) is 3. The van der Waals surface area contributed by atoms with E-state index in [1.807, 2.05) is 6.92 Å². The molecule has 84 valence electrons. The van der Waals surface area contributed by atoms with E-state index in [1.165, 1.54) is 0 Å². The van der Waals surface area contributed by atoms with Gasteiger partial charge in [0.1, 0.15) is 11.0 Å². The molecule has 0 radical (unpaired) electrons. The molecule has 0 fully saturated rings. The van der Waals surface area contributed by atoms with E-state index < -0.39 is 0 Å². The normalized spacial score (nSPS) is 17.9. The Bertz CT molecular complexity index is 376. The molecular weight excluding hydrogens is 210 g/mol. The SMILES string of the molecule is Cc1nc2n(c1Cl)CCN(C(C)(C)C)C2. The van der Waals surface area contributed by atoms with Crippen LogP contribution in [-0.2, 0) is 13.1 Å². The van der Waals surface area contributed by atoms with Crippen LogP contribution in [0.4, 0.5) is 0 Å². The van der Waals surface area contributed by atoms with E-state index in [-0.39, 0.29) is 5.54 Å². The number of hydrogen-bond donors (Lipinski definition) is 0. The van der Waals surface area contributed by atoms with Crippen LogP contribution in [0.15, 0.2) is 0 Å². The van der Waals surface area contributed by atoms with Gasteiger partial charge in [-0.1, -0.05) is 11.6 Å². The van der Waals surface area contributed by atoms with Crippen LogP contribution in [0.25, 0.3) is 0 Å². The van der Waals surface area contributed by atoms with Gasteiger partial charge in [-0.05, 0) is 27.7 Å². The standard InChI is InChI=1S/C11H18ClN3/c1-8-10(12)15-6-5-14(11(2,3)4)7-9(15)13-8/h5-7H2,1-4H3. The summed E-state index contributed by atoms with van der Waals surface area (Å²) < 4.78 is 2.12. The molecule has 2 rings (SSSR count). The maximum Gasteiger partial charge on any atom is 0.131 e. The predicted octanol–water partition coefficient (Wildman–Crippen LogP) is 2.46. The van der Waals surface area contributed by atoms with E-state index in [4.69, 9.17) is 11.6 Å². The number of aromatic nitrogens is 2. The Morgan fingerprint density at radius 1 is 1.27 bits per heavy atom. The molecule has 0 spiro atoms. The lowest BCUT2D eigenvalue weighted by atomic mass is 10.1. The van der Waals surface area contributed by atoms with E-state index in [0.29, 0.717) is 0 Å². The molecule has 0 amide bonds. The average Bonchev–Trinajstić information content (AvgIpc) is 2.41. The van der Waals surface area contributed by atoms with E-state index in [2.05, 4.69) is 35.2 Å². The first-order valence-corrected chi connectivity index (χ1v) is 5.74. The van der Waals surface area contributed by atoms with Crippen molar-refractivity contribution in [1.29, 1.82) is 0 Å². The van der Waals surface area contributed by atoms with Crippen LogP contribution in [0.3, 0.4) is 0 Å². The number of hydrogen-bond acceptors (Lipinski definition) is 2. The molecule has 1 aliphatic rings. The van der Waals surface area contributed by atoms with Gasteiger partial charge < -0.3 is 4.57 Å². The summed E-state index contributed by atoms with van der Waals surface area (Å²) in [6, 6.07) is 0. The number of imidazole rings is 1. The Kier molecular flexibility index (Phi) is 2.55. The van der Waals surface area contributed by atoms with Crippen LogP contribution >= 0.6 is 11.6 Å². The average molecular weight is 228 g/mol. The zero-order valence-electron chi connectivity index (χ0n) is 9.84. The first-order valence-electron chi connectivity index (χ1n) is 5.36. The minimum Gasteiger partial charge on any atom is -0.317 e. The Balaban J connectivity index is 2.28. The smallest absolute Gasteiger partial charge is 0.131 e. The minimum atomic E-state index is 0.206. The lowest BCUT2D eigenvalue weighted by molar-refractivity contribution is 0.100. The monoisotopic (exact) mass is 227 g/mol. The number of rotatable bonds is 0. The number of halogens is 1. The third-order valence-corrected chi connectivity index (χ3v) is 3.50. The summed E-state index contributed by atoms with van der Waals surface area (Å²) in [5.74, 6) is 1.10. The third-order valence-electron chi connectivity index (χ3n) is 3.02. The Morgan fingerprint density at radius 3 is 2.53 bits per heavy atom. The van der Waals surface area contributed by atoms with Gasteiger partial charge in [0.15, 0.2) is 0 Å². The van der Waals surface area contributed by atoms with Gasteiger partial charge in [-0.2, -0.15) is 0 Å². The van der Waals surface area contributed by atoms with E-state index >= 15 is 0 Å². The molecular formula is C11H18ClN3. The molecule has 3 nitrogen and oxygen atoms in total. The second kappa shape index (κ2) is 3.49. The fourth-order valence-corrected chi connectivity index (χ4v) is 2.22. The van der Waals surface area contributed by atoms with Gasteiger partial charge in [0.05, 0.1) is 12.2 Å². The first-order chi connectivity index (χ1) is 6.89. The Labute approximate surface area is 96.0 Å². The second-order valence-electron chi connectivity index (χ2n) is 5.15. The maximum atomic E-state index is 6.17. The summed E-state index contributed by atoms with van der Waals surface area (Å²) in [7, 11) is 0. The van der Waals surface area contributed by atoms with Crippen molar-refractivity contribution in [1.82, 2.24) is 14.5 Å². The van der Waals surface area contributed by atoms with Crippen molar-refractivity contribution >= 4 is 11.6 Å². The van der Waals surface area contributed by atoms with Crippen LogP contribution in [0, 0.1) is 6.92 Å². The molecule has 1 aromatic heterocycles. The molecule has 1 aliphatic heterocycles. The van der Waals surface area contributed by atoms with E-state index in [1.54, 1.807) is 0 Å². The highest BCUT2D eigenvalue weighted by Crippen LogP contribution is 2.25. The van der Waals surface area contributed by atoms with Crippen molar-refractivity contribution in [2.24, 2.45) is 0 Å². The van der Waals surface area contributed by atoms with E-state index in [9.17, 15) is 0 Å². The summed E-state index contributed by atoms with van der Waals surface area (Å²) in [4.78, 5) is 6.94. The van der Waals surface area contributed by atoms with Crippen molar-refractivity contribution in [2.75, 3.05) is 6.54 Å². The largest absolute Gasteiger partial charge is 0.317 e. The number of fused-ring (bicyclic) bond motifs is 1. The van der Waals surface area contributed by atoms with Crippen LogP contribution in [0.2, 0.25) is 5.15 Å². The predicted molar refractivity (Wildman–Crippen MR) is 62.1 cm³/mol. The zero-order valence-corrected chi connectivity index (χ0v) is 10.6. The molecule has 2 heterocycles. The van der Waals surface area contributed by atoms with Crippen molar-refractivity contribution in [3.63, 3.8) is 0 Å². The fourth-order valence-electron chi connectivity index (χ4n) is 2.00. The lowest BCUT2D eigenvalue weighted by Crippen LogP contribution is -2.45. The molecule has 0 atom stereocenters. The topological polar surface area (TPSA) is 21.1 Å². The van der Waals surface area contributed by atoms with Crippen molar-refractivity contribution in [3.05, 3.63) is 16.7 Å². The highest BCUT2D eigenvalue weighted by molar-refractivity contribution is 6.30. The molecule has 0 bridgehead atoms. The summed E-state index contributed by atoms with van der Waals surface area (Å²) in [5, 5.41) is 0.804. The van der Waals surface area contributed by atoms with Crippen LogP contribution in [0.1, 0.15) is 32.3 Å². The van der Waals surface area contributed by atoms with Gasteiger partial charge >= 0.3 is 0 Å². The van der Waals surface area contributed by atoms with Crippen LogP contribution < -0.4 is 0 Å². The van der Waals surface area contributed by atoms with Gasteiger partial charge in [-0.15, -0.1) is 0 Å². The van der Waals surface area contributed by atoms with Crippen LogP contribution in [0.5, 0.6) is 0 Å². The van der Waals surface area contributed by atoms with Gasteiger partial charge in [-0.25, -0.2) is 4.98 Å². The molecule has 1 aromatic rings. The Morgan fingerprint density at radius 2 is 1.93 bits per heavy atom. The van der Waals surface area contributed by atoms with Gasteiger partial charge in [0.2, 0.25) is 0 Å². The summed E-state index contributed by atoms with van der Waals surface area (Å²) >= 11 is 6.17. The van der Waals surface area contributed by atoms with Crippen molar-refractivity contribution < 1.29 is 0 Å². The summed E-state index contributed by atoms with van der Waals surface area (Å²) in [6.45, 7) is 11.6. The van der Waals surface area contributed by atoms with Crippen molar-refractivity contribution in [3.8, 4) is 0 Å². The second-order valence-corrected chi connectivity index (χ2v) is 5.51. The molecule has 0 unspecified atom stereocenters. The maximum absolute atomic E-state index is 6.17. The summed E-state index contributed by atoms with van der Waals surface area (Å²) in [6.07, 6.45) is 0. The Hall–Kier alpha value is -0.540. The number of aryl methyl sites for hydroxylation is 1. The third kappa shape index (κ3) is 1.91. The lowest BCUT2D eigenvalue weighted by Gasteiger charge is -2.38. The van der Waals surface area contributed by atoms with Gasteiger partial charge in [-0.3, -0.25) is 4.90 Å². The van der Waals surface area contributed by atoms with Crippen LogP contribution in [-0.4, -0.2) is 26.5 Å². The molecule has 0 aliphatic carbocycles. The van der Waals surface area contributed by atoms with Gasteiger partial charge in [0.25, 0.3) is 0 Å². The van der Waals surface area contributed by atoms with Crippen molar-refractivity contribution in [2.45, 2.75) is 46.3 Å². The molecule has 15 heavy (non-hydrogen) atoms. The summed E-state index contributed by atoms with van der Waals surface area (Å²) in [5.41, 5.74) is 1.15. The first kappa shape index (κ1) is 11.0. The highest BCUT2D eigenvalue weighted by atomic mass is 35.5. The minimum absolute atomic E-state index is 0.206. The molecule has 0 saturated carbocycles. The van der Waals surface area contributed by atoms with Gasteiger partial charge in [0, 0.05) is 18.6 Å². The quantitative estimate of drug-likeness (QED) is 0.679. The zero-order chi connectivity index (χ0) is 11.2. The fraction of sp³-hybridized carbons (Fsp3) is 0.727. The highest BCUT2D eigenvalue weighted by Gasteiger charge is 2.27.